The van der Waals surface area contributed by atoms with Crippen molar-refractivity contribution in [3.63, 3.8) is 0 Å². The summed E-state index contributed by atoms with van der Waals surface area (Å²) in [6.45, 7) is 17.3. The fraction of sp³-hybridized carbons (Fsp3) is 0.394. The Labute approximate surface area is 232 Å². The molecule has 0 radical (unpaired) electrons. The molecule has 0 saturated carbocycles. The normalized spacial score (nSPS) is 11.3. The predicted octanol–water partition coefficient (Wildman–Crippen LogP) is 5.84. The molecule has 1 aliphatic carbocycles. The Bertz CT molecular complexity index is 1490. The van der Waals surface area contributed by atoms with Gasteiger partial charge < -0.3 is 19.3 Å². The van der Waals surface area contributed by atoms with Crippen molar-refractivity contribution in [3.8, 4) is 22.5 Å². The maximum absolute atomic E-state index is 13.8. The van der Waals surface area contributed by atoms with Crippen LogP contribution in [-0.4, -0.2) is 55.2 Å². The maximum atomic E-state index is 13.8. The first kappa shape index (κ1) is 28.4. The Hall–Kier alpha value is -3.64. The van der Waals surface area contributed by atoms with Gasteiger partial charge in [-0.25, -0.2) is 4.58 Å². The number of aliphatic hydroxyl groups excluding tert-OH is 1. The lowest BCUT2D eigenvalue weighted by atomic mass is 9.89. The lowest BCUT2D eigenvalue weighted by Gasteiger charge is -2.24. The van der Waals surface area contributed by atoms with E-state index >= 15 is 0 Å². The predicted molar refractivity (Wildman–Crippen MR) is 161 cm³/mol. The quantitative estimate of drug-likeness (QED) is 0.208. The van der Waals surface area contributed by atoms with Gasteiger partial charge in [0.05, 0.1) is 12.7 Å². The fourth-order valence-corrected chi connectivity index (χ4v) is 5.49. The number of fused-ring (bicyclic) bond motifs is 2. The highest BCUT2D eigenvalue weighted by molar-refractivity contribution is 6.09. The molecule has 2 aromatic carbocycles. The van der Waals surface area contributed by atoms with Crippen molar-refractivity contribution < 1.29 is 14.3 Å². The summed E-state index contributed by atoms with van der Waals surface area (Å²) >= 11 is 0. The van der Waals surface area contributed by atoms with E-state index in [-0.39, 0.29) is 12.5 Å². The van der Waals surface area contributed by atoms with Crippen LogP contribution in [0.1, 0.15) is 57.5 Å². The lowest BCUT2D eigenvalue weighted by Crippen LogP contribution is -2.31. The molecule has 1 N–H and O–H groups in total. The van der Waals surface area contributed by atoms with Gasteiger partial charge in [0, 0.05) is 66.1 Å². The molecule has 0 aromatic heterocycles. The third-order valence-electron chi connectivity index (χ3n) is 7.76. The minimum absolute atomic E-state index is 0.0353. The number of carbonyl (C=O) groups excluding carboxylic acids is 1. The van der Waals surface area contributed by atoms with Crippen LogP contribution >= 0.6 is 0 Å². The zero-order chi connectivity index (χ0) is 28.1. The van der Waals surface area contributed by atoms with Crippen LogP contribution in [0.3, 0.4) is 0 Å². The van der Waals surface area contributed by atoms with E-state index in [1.807, 2.05) is 36.9 Å². The second-order valence-electron chi connectivity index (χ2n) is 9.70. The number of hydrogen-bond donors (Lipinski definition) is 1. The molecule has 0 bridgehead atoms. The van der Waals surface area contributed by atoms with Gasteiger partial charge in [-0.1, -0.05) is 12.1 Å². The van der Waals surface area contributed by atoms with E-state index in [9.17, 15) is 9.90 Å². The molecule has 0 unspecified atom stereocenters. The van der Waals surface area contributed by atoms with E-state index in [1.165, 1.54) is 0 Å². The molecule has 6 heteroatoms. The summed E-state index contributed by atoms with van der Waals surface area (Å²) in [5.41, 5.74) is 5.99. The largest absolute Gasteiger partial charge is 0.456 e. The number of hydrogen-bond acceptors (Lipinski definition) is 4. The molecule has 6 nitrogen and oxygen atoms in total. The molecule has 4 rings (SSSR count). The molecule has 0 atom stereocenters. The Balaban J connectivity index is 2.13. The second-order valence-corrected chi connectivity index (χ2v) is 9.70. The number of anilines is 1. The number of rotatable bonds is 10. The smallest absolute Gasteiger partial charge is 0.254 e. The van der Waals surface area contributed by atoms with Crippen molar-refractivity contribution >= 4 is 22.6 Å². The monoisotopic (exact) mass is 528 g/mol. The third-order valence-corrected chi connectivity index (χ3v) is 7.76. The lowest BCUT2D eigenvalue weighted by molar-refractivity contribution is 0.0773. The van der Waals surface area contributed by atoms with Crippen molar-refractivity contribution in [2.24, 2.45) is 0 Å². The average molecular weight is 529 g/mol. The Kier molecular flexibility index (Phi) is 9.08. The molecule has 2 aliphatic rings. The van der Waals surface area contributed by atoms with Gasteiger partial charge in [-0.2, -0.15) is 0 Å². The van der Waals surface area contributed by atoms with Crippen molar-refractivity contribution in [2.75, 3.05) is 44.2 Å². The number of benzene rings is 3. The van der Waals surface area contributed by atoms with Crippen molar-refractivity contribution in [1.29, 1.82) is 0 Å². The highest BCUT2D eigenvalue weighted by Gasteiger charge is 2.25. The van der Waals surface area contributed by atoms with Gasteiger partial charge in [-0.3, -0.25) is 4.79 Å². The molecular formula is C33H42N3O3+. The van der Waals surface area contributed by atoms with E-state index < -0.39 is 0 Å². The molecule has 206 valence electrons. The summed E-state index contributed by atoms with van der Waals surface area (Å²) in [6, 6.07) is 18.5. The van der Waals surface area contributed by atoms with Gasteiger partial charge in [0.1, 0.15) is 24.4 Å². The van der Waals surface area contributed by atoms with Crippen LogP contribution in [0.4, 0.5) is 5.69 Å². The van der Waals surface area contributed by atoms with Gasteiger partial charge in [0.15, 0.2) is 0 Å². The molecule has 39 heavy (non-hydrogen) atoms. The Morgan fingerprint density at radius 3 is 2.13 bits per heavy atom. The molecule has 0 fully saturated rings. The number of carbonyl (C=O) groups is 1. The summed E-state index contributed by atoms with van der Waals surface area (Å²) < 4.78 is 8.92. The van der Waals surface area contributed by atoms with E-state index in [0.29, 0.717) is 18.7 Å². The van der Waals surface area contributed by atoms with Gasteiger partial charge in [0.2, 0.25) is 5.36 Å². The molecule has 2 aromatic rings. The van der Waals surface area contributed by atoms with Crippen LogP contribution in [0, 0.1) is 0 Å². The number of amides is 1. The zero-order valence-corrected chi connectivity index (χ0v) is 24.3. The third kappa shape index (κ3) is 5.44. The van der Waals surface area contributed by atoms with Gasteiger partial charge in [-0.15, -0.1) is 0 Å². The van der Waals surface area contributed by atoms with Crippen LogP contribution in [0.2, 0.25) is 0 Å². The van der Waals surface area contributed by atoms with E-state index in [4.69, 9.17) is 4.42 Å². The summed E-state index contributed by atoms with van der Waals surface area (Å²) in [4.78, 5) is 17.9. The highest BCUT2D eigenvalue weighted by atomic mass is 16.3. The van der Waals surface area contributed by atoms with E-state index in [1.54, 1.807) is 0 Å². The van der Waals surface area contributed by atoms with Crippen LogP contribution in [0.15, 0.2) is 59.0 Å². The second kappa shape index (κ2) is 12.5. The van der Waals surface area contributed by atoms with Crippen LogP contribution in [0.25, 0.3) is 33.4 Å². The summed E-state index contributed by atoms with van der Waals surface area (Å²) in [5.74, 6) is 0.748. The van der Waals surface area contributed by atoms with E-state index in [0.717, 1.165) is 76.2 Å². The molecular weight excluding hydrogens is 486 g/mol. The topological polar surface area (TPSA) is 59.9 Å². The first-order valence-corrected chi connectivity index (χ1v) is 14.3. The molecule has 0 saturated heterocycles. The van der Waals surface area contributed by atoms with Crippen molar-refractivity contribution in [2.45, 2.75) is 48.1 Å². The van der Waals surface area contributed by atoms with Gasteiger partial charge in [-0.05, 0) is 76.9 Å². The zero-order valence-electron chi connectivity index (χ0n) is 24.3. The highest BCUT2D eigenvalue weighted by Crippen LogP contribution is 2.42. The van der Waals surface area contributed by atoms with Crippen molar-refractivity contribution in [3.05, 3.63) is 71.1 Å². The van der Waals surface area contributed by atoms with Crippen LogP contribution in [-0.2, 0) is 6.61 Å². The molecule has 1 heterocycles. The first-order chi connectivity index (χ1) is 18.9. The minimum Gasteiger partial charge on any atom is -0.456 e. The Morgan fingerprint density at radius 1 is 0.821 bits per heavy atom. The number of aliphatic hydroxyl groups is 1. The maximum Gasteiger partial charge on any atom is 0.254 e. The number of nitrogens with zero attached hydrogens (tertiary/aromatic N) is 3. The summed E-state index contributed by atoms with van der Waals surface area (Å²) in [7, 11) is 0. The molecule has 1 aliphatic heterocycles. The molecule has 0 spiro atoms. The summed E-state index contributed by atoms with van der Waals surface area (Å²) in [6.07, 6.45) is 0. The van der Waals surface area contributed by atoms with Gasteiger partial charge >= 0.3 is 0 Å². The van der Waals surface area contributed by atoms with Gasteiger partial charge in [0.25, 0.3) is 5.91 Å². The van der Waals surface area contributed by atoms with Crippen LogP contribution < -0.4 is 14.8 Å². The minimum atomic E-state index is -0.120. The van der Waals surface area contributed by atoms with E-state index in [2.05, 4.69) is 73.6 Å². The SMILES string of the molecule is CCN(CC)C(=O)c1cc(CO)ccc1-c1c2ccc(=[N+](CC)CC)cc-2oc2cc(N(CC)CC)ccc12. The molecule has 1 amide bonds. The Morgan fingerprint density at radius 2 is 1.51 bits per heavy atom. The summed E-state index contributed by atoms with van der Waals surface area (Å²) in [5, 5.41) is 12.0. The average Bonchev–Trinajstić information content (AvgIpc) is 2.97. The first-order valence-electron chi connectivity index (χ1n) is 14.3. The van der Waals surface area contributed by atoms with Crippen molar-refractivity contribution in [1.82, 2.24) is 9.48 Å². The standard InChI is InChI=1S/C33H42N3O3/c1-7-34(8-2)24-14-17-27-30(20-24)39-31-21-25(35(9-3)10-4)15-18-28(31)32(27)26-16-13-23(22-37)19-29(26)33(38)36(11-5)12-6/h13-21,37H,7-12,22H2,1-6H3/q+1. The van der Waals surface area contributed by atoms with Crippen LogP contribution in [0.5, 0.6) is 0 Å². The fourth-order valence-electron chi connectivity index (χ4n) is 5.49.